The highest BCUT2D eigenvalue weighted by Crippen LogP contribution is 2.18. The van der Waals surface area contributed by atoms with E-state index in [0.717, 1.165) is 24.2 Å². The monoisotopic (exact) mass is 355 g/mol. The minimum absolute atomic E-state index is 0.157. The summed E-state index contributed by atoms with van der Waals surface area (Å²) in [5.41, 5.74) is 1.46. The minimum atomic E-state index is -0.988. The van der Waals surface area contributed by atoms with E-state index in [0.29, 0.717) is 18.8 Å². The van der Waals surface area contributed by atoms with E-state index >= 15 is 0 Å². The lowest BCUT2D eigenvalue weighted by atomic mass is 10.1. The maximum atomic E-state index is 12.3. The number of carboxylic acid groups (broad SMARTS) is 1. The van der Waals surface area contributed by atoms with Crippen LogP contribution in [0.2, 0.25) is 0 Å². The Hall–Kier alpha value is -2.86. The third kappa shape index (κ3) is 4.83. The molecule has 1 fully saturated rings. The Morgan fingerprint density at radius 3 is 2.50 bits per heavy atom. The van der Waals surface area contributed by atoms with Crippen LogP contribution in [-0.4, -0.2) is 36.3 Å². The number of benzene rings is 2. The quantitative estimate of drug-likeness (QED) is 0.832. The van der Waals surface area contributed by atoms with Crippen molar-refractivity contribution in [3.63, 3.8) is 0 Å². The van der Waals surface area contributed by atoms with E-state index in [1.807, 2.05) is 0 Å². The van der Waals surface area contributed by atoms with Crippen LogP contribution >= 0.6 is 0 Å². The topological polar surface area (TPSA) is 84.9 Å². The number of amides is 1. The van der Waals surface area contributed by atoms with Crippen LogP contribution in [0.15, 0.2) is 48.5 Å². The molecule has 0 aliphatic carbocycles. The van der Waals surface area contributed by atoms with Crippen LogP contribution in [0.25, 0.3) is 0 Å². The number of aromatic carboxylic acids is 1. The molecule has 2 aromatic carbocycles. The summed E-state index contributed by atoms with van der Waals surface area (Å²) in [5, 5.41) is 11.8. The zero-order valence-corrected chi connectivity index (χ0v) is 14.3. The SMILES string of the molecule is O=C(O)c1cccc(CNC(=O)c2ccc(OC3CCOCC3)cc2)c1. The highest BCUT2D eigenvalue weighted by Gasteiger charge is 2.15. The first-order valence-corrected chi connectivity index (χ1v) is 8.57. The second kappa shape index (κ2) is 8.49. The van der Waals surface area contributed by atoms with Crippen molar-refractivity contribution < 1.29 is 24.2 Å². The molecule has 0 unspecified atom stereocenters. The summed E-state index contributed by atoms with van der Waals surface area (Å²) in [5.74, 6) is -0.468. The molecule has 6 heteroatoms. The fraction of sp³-hybridized carbons (Fsp3) is 0.300. The minimum Gasteiger partial charge on any atom is -0.490 e. The zero-order valence-electron chi connectivity index (χ0n) is 14.3. The van der Waals surface area contributed by atoms with E-state index in [4.69, 9.17) is 14.6 Å². The molecule has 1 saturated heterocycles. The molecule has 0 atom stereocenters. The van der Waals surface area contributed by atoms with Gasteiger partial charge in [-0.05, 0) is 42.0 Å². The molecule has 2 aromatic rings. The van der Waals surface area contributed by atoms with Crippen LogP contribution in [-0.2, 0) is 11.3 Å². The van der Waals surface area contributed by atoms with E-state index in [9.17, 15) is 9.59 Å². The van der Waals surface area contributed by atoms with Crippen molar-refractivity contribution in [2.24, 2.45) is 0 Å². The van der Waals surface area contributed by atoms with Gasteiger partial charge >= 0.3 is 5.97 Å². The number of carboxylic acids is 1. The fourth-order valence-electron chi connectivity index (χ4n) is 2.77. The van der Waals surface area contributed by atoms with Gasteiger partial charge in [0.2, 0.25) is 0 Å². The third-order valence-corrected chi connectivity index (χ3v) is 4.21. The van der Waals surface area contributed by atoms with Crippen molar-refractivity contribution in [1.82, 2.24) is 5.32 Å². The first-order valence-electron chi connectivity index (χ1n) is 8.57. The van der Waals surface area contributed by atoms with Gasteiger partial charge in [0, 0.05) is 24.9 Å². The van der Waals surface area contributed by atoms with Crippen molar-refractivity contribution in [3.8, 4) is 5.75 Å². The summed E-state index contributed by atoms with van der Waals surface area (Å²) in [4.78, 5) is 23.2. The first-order chi connectivity index (χ1) is 12.6. The van der Waals surface area contributed by atoms with Gasteiger partial charge in [-0.3, -0.25) is 4.79 Å². The Morgan fingerprint density at radius 2 is 1.81 bits per heavy atom. The molecular formula is C20H21NO5. The second-order valence-electron chi connectivity index (χ2n) is 6.14. The summed E-state index contributed by atoms with van der Waals surface area (Å²) >= 11 is 0. The predicted molar refractivity (Wildman–Crippen MR) is 95.5 cm³/mol. The Labute approximate surface area is 151 Å². The molecule has 1 amide bonds. The Morgan fingerprint density at radius 1 is 1.08 bits per heavy atom. The molecule has 2 N–H and O–H groups in total. The van der Waals surface area contributed by atoms with Crippen molar-refractivity contribution in [2.45, 2.75) is 25.5 Å². The number of carbonyl (C=O) groups excluding carboxylic acids is 1. The molecule has 6 nitrogen and oxygen atoms in total. The Balaban J connectivity index is 1.54. The van der Waals surface area contributed by atoms with Gasteiger partial charge in [-0.1, -0.05) is 12.1 Å². The number of hydrogen-bond acceptors (Lipinski definition) is 4. The molecule has 136 valence electrons. The predicted octanol–water partition coefficient (Wildman–Crippen LogP) is 2.87. The average molecular weight is 355 g/mol. The lowest BCUT2D eigenvalue weighted by Gasteiger charge is -2.23. The maximum Gasteiger partial charge on any atom is 0.335 e. The number of hydrogen-bond donors (Lipinski definition) is 2. The molecule has 0 spiro atoms. The molecule has 26 heavy (non-hydrogen) atoms. The van der Waals surface area contributed by atoms with E-state index in [1.54, 1.807) is 42.5 Å². The lowest BCUT2D eigenvalue weighted by molar-refractivity contribution is 0.0255. The van der Waals surface area contributed by atoms with Gasteiger partial charge in [-0.15, -0.1) is 0 Å². The summed E-state index contributed by atoms with van der Waals surface area (Å²) in [7, 11) is 0. The van der Waals surface area contributed by atoms with E-state index in [2.05, 4.69) is 5.32 Å². The summed E-state index contributed by atoms with van der Waals surface area (Å²) < 4.78 is 11.2. The van der Waals surface area contributed by atoms with Crippen LogP contribution in [0.1, 0.15) is 39.1 Å². The van der Waals surface area contributed by atoms with Gasteiger partial charge in [-0.25, -0.2) is 4.79 Å². The second-order valence-corrected chi connectivity index (χ2v) is 6.14. The Bertz CT molecular complexity index is 766. The molecule has 0 saturated carbocycles. The number of rotatable bonds is 6. The van der Waals surface area contributed by atoms with Gasteiger partial charge in [0.25, 0.3) is 5.91 Å². The number of ether oxygens (including phenoxy) is 2. The van der Waals surface area contributed by atoms with Gasteiger partial charge in [0.1, 0.15) is 11.9 Å². The van der Waals surface area contributed by atoms with Crippen LogP contribution < -0.4 is 10.1 Å². The van der Waals surface area contributed by atoms with E-state index in [-0.39, 0.29) is 24.1 Å². The fourth-order valence-corrected chi connectivity index (χ4v) is 2.77. The lowest BCUT2D eigenvalue weighted by Crippen LogP contribution is -2.26. The van der Waals surface area contributed by atoms with E-state index < -0.39 is 5.97 Å². The molecule has 1 heterocycles. The maximum absolute atomic E-state index is 12.3. The standard InChI is InChI=1S/C20H21NO5/c22-19(21-13-14-2-1-3-16(12-14)20(23)24)15-4-6-17(7-5-15)26-18-8-10-25-11-9-18/h1-7,12,18H,8-11,13H2,(H,21,22)(H,23,24). The largest absolute Gasteiger partial charge is 0.490 e. The normalized spacial score (nSPS) is 14.6. The van der Waals surface area contributed by atoms with Crippen LogP contribution in [0.3, 0.4) is 0 Å². The van der Waals surface area contributed by atoms with Crippen molar-refractivity contribution in [3.05, 3.63) is 65.2 Å². The van der Waals surface area contributed by atoms with Gasteiger partial charge in [0.15, 0.2) is 0 Å². The molecule has 0 aromatic heterocycles. The summed E-state index contributed by atoms with van der Waals surface area (Å²) in [6.45, 7) is 1.70. The van der Waals surface area contributed by atoms with Crippen molar-refractivity contribution in [1.29, 1.82) is 0 Å². The summed E-state index contributed by atoms with van der Waals surface area (Å²) in [6, 6.07) is 13.5. The molecule has 0 radical (unpaired) electrons. The molecule has 0 bridgehead atoms. The van der Waals surface area contributed by atoms with Crippen LogP contribution in [0.4, 0.5) is 0 Å². The van der Waals surface area contributed by atoms with Gasteiger partial charge in [0.05, 0.1) is 18.8 Å². The zero-order chi connectivity index (χ0) is 18.4. The van der Waals surface area contributed by atoms with Crippen molar-refractivity contribution in [2.75, 3.05) is 13.2 Å². The third-order valence-electron chi connectivity index (χ3n) is 4.21. The van der Waals surface area contributed by atoms with Crippen LogP contribution in [0, 0.1) is 0 Å². The first kappa shape index (κ1) is 17.9. The highest BCUT2D eigenvalue weighted by molar-refractivity contribution is 5.94. The molecule has 1 aliphatic rings. The van der Waals surface area contributed by atoms with Crippen LogP contribution in [0.5, 0.6) is 5.75 Å². The number of nitrogens with one attached hydrogen (secondary N) is 1. The molecular weight excluding hydrogens is 334 g/mol. The van der Waals surface area contributed by atoms with Crippen molar-refractivity contribution >= 4 is 11.9 Å². The smallest absolute Gasteiger partial charge is 0.335 e. The summed E-state index contributed by atoms with van der Waals surface area (Å²) in [6.07, 6.45) is 1.90. The van der Waals surface area contributed by atoms with E-state index in [1.165, 1.54) is 6.07 Å². The van der Waals surface area contributed by atoms with Gasteiger partial charge in [-0.2, -0.15) is 0 Å². The molecule has 1 aliphatic heterocycles. The molecule has 3 rings (SSSR count). The average Bonchev–Trinajstić information content (AvgIpc) is 2.68. The number of carbonyl (C=O) groups is 2. The highest BCUT2D eigenvalue weighted by atomic mass is 16.5. The van der Waals surface area contributed by atoms with Gasteiger partial charge < -0.3 is 19.9 Å². The Kier molecular flexibility index (Phi) is 5.86.